The summed E-state index contributed by atoms with van der Waals surface area (Å²) in [5.74, 6) is 6.50. The van der Waals surface area contributed by atoms with E-state index in [4.69, 9.17) is 9.47 Å². The Kier molecular flexibility index (Phi) is 5.69. The second kappa shape index (κ2) is 8.55. The van der Waals surface area contributed by atoms with Gasteiger partial charge in [-0.15, -0.1) is 0 Å². The van der Waals surface area contributed by atoms with Crippen molar-refractivity contribution in [3.8, 4) is 17.6 Å². The first-order chi connectivity index (χ1) is 12.8. The summed E-state index contributed by atoms with van der Waals surface area (Å²) in [7, 11) is 1.61. The highest BCUT2D eigenvalue weighted by Crippen LogP contribution is 2.14. The highest BCUT2D eigenvalue weighted by atomic mass is 16.5. The number of rotatable bonds is 4. The molecule has 0 aromatic heterocycles. The quantitative estimate of drug-likeness (QED) is 0.519. The summed E-state index contributed by atoms with van der Waals surface area (Å²) >= 11 is 0. The number of esters is 1. The van der Waals surface area contributed by atoms with Crippen LogP contribution in [0.2, 0.25) is 0 Å². The molecule has 0 bridgehead atoms. The van der Waals surface area contributed by atoms with Crippen LogP contribution < -0.4 is 4.74 Å². The van der Waals surface area contributed by atoms with Crippen molar-refractivity contribution in [2.45, 2.75) is 6.61 Å². The normalized spacial score (nSPS) is 9.73. The third-order valence-corrected chi connectivity index (χ3v) is 3.79. The monoisotopic (exact) mass is 342 g/mol. The molecule has 3 rings (SSSR count). The molecule has 0 aliphatic heterocycles. The van der Waals surface area contributed by atoms with Crippen LogP contribution in [0.3, 0.4) is 0 Å². The van der Waals surface area contributed by atoms with Crippen molar-refractivity contribution in [2.75, 3.05) is 7.11 Å². The highest BCUT2D eigenvalue weighted by Gasteiger charge is 2.11. The molecule has 0 aliphatic carbocycles. The van der Waals surface area contributed by atoms with Gasteiger partial charge in [0.1, 0.15) is 12.4 Å². The van der Waals surface area contributed by atoms with E-state index >= 15 is 0 Å². The van der Waals surface area contributed by atoms with E-state index in [1.54, 1.807) is 19.2 Å². The number of hydrogen-bond donors (Lipinski definition) is 0. The predicted octanol–water partition coefficient (Wildman–Crippen LogP) is 4.45. The van der Waals surface area contributed by atoms with Crippen molar-refractivity contribution in [1.82, 2.24) is 0 Å². The Bertz CT molecular complexity index is 932. The van der Waals surface area contributed by atoms with Crippen LogP contribution in [0, 0.1) is 11.8 Å². The van der Waals surface area contributed by atoms with Crippen LogP contribution in [0.4, 0.5) is 0 Å². The minimum absolute atomic E-state index is 0.198. The maximum atomic E-state index is 12.5. The third kappa shape index (κ3) is 4.52. The fourth-order valence-corrected chi connectivity index (χ4v) is 2.38. The highest BCUT2D eigenvalue weighted by molar-refractivity contribution is 5.92. The van der Waals surface area contributed by atoms with E-state index in [1.165, 1.54) is 0 Å². The lowest BCUT2D eigenvalue weighted by atomic mass is 10.1. The molecule has 26 heavy (non-hydrogen) atoms. The van der Waals surface area contributed by atoms with Crippen molar-refractivity contribution < 1.29 is 14.3 Å². The summed E-state index contributed by atoms with van der Waals surface area (Å²) in [6, 6.07) is 24.3. The van der Waals surface area contributed by atoms with Crippen LogP contribution in [0.5, 0.6) is 5.75 Å². The lowest BCUT2D eigenvalue weighted by Crippen LogP contribution is -2.07. The Balaban J connectivity index is 1.72. The van der Waals surface area contributed by atoms with Gasteiger partial charge in [0.25, 0.3) is 0 Å². The second-order valence-corrected chi connectivity index (χ2v) is 5.59. The molecular weight excluding hydrogens is 324 g/mol. The Morgan fingerprint density at radius 2 is 1.54 bits per heavy atom. The molecular formula is C23H18O3. The summed E-state index contributed by atoms with van der Waals surface area (Å²) in [4.78, 5) is 12.5. The zero-order valence-electron chi connectivity index (χ0n) is 14.4. The van der Waals surface area contributed by atoms with Crippen LogP contribution >= 0.6 is 0 Å². The predicted molar refractivity (Wildman–Crippen MR) is 101 cm³/mol. The van der Waals surface area contributed by atoms with Crippen LogP contribution in [0.1, 0.15) is 27.0 Å². The number of methoxy groups -OCH3 is 1. The molecule has 0 unspecified atom stereocenters. The molecule has 128 valence electrons. The smallest absolute Gasteiger partial charge is 0.339 e. The van der Waals surface area contributed by atoms with E-state index in [2.05, 4.69) is 11.8 Å². The van der Waals surface area contributed by atoms with E-state index < -0.39 is 5.97 Å². The second-order valence-electron chi connectivity index (χ2n) is 5.59. The zero-order chi connectivity index (χ0) is 18.2. The molecule has 0 fully saturated rings. The molecule has 0 radical (unpaired) electrons. The maximum Gasteiger partial charge on any atom is 0.339 e. The van der Waals surface area contributed by atoms with Gasteiger partial charge in [-0.2, -0.15) is 0 Å². The summed E-state index contributed by atoms with van der Waals surface area (Å²) < 4.78 is 10.6. The number of carbonyl (C=O) groups is 1. The van der Waals surface area contributed by atoms with E-state index in [-0.39, 0.29) is 6.61 Å². The van der Waals surface area contributed by atoms with E-state index in [0.717, 1.165) is 16.9 Å². The fraction of sp³-hybridized carbons (Fsp3) is 0.0870. The van der Waals surface area contributed by atoms with E-state index in [1.807, 2.05) is 66.7 Å². The minimum Gasteiger partial charge on any atom is -0.497 e. The molecule has 0 N–H and O–H groups in total. The topological polar surface area (TPSA) is 35.5 Å². The van der Waals surface area contributed by atoms with Crippen molar-refractivity contribution >= 4 is 5.97 Å². The van der Waals surface area contributed by atoms with Crippen molar-refractivity contribution in [1.29, 1.82) is 0 Å². The SMILES string of the molecule is COc1ccc(COC(=O)c2ccccc2C#Cc2ccccc2)cc1. The van der Waals surface area contributed by atoms with Gasteiger partial charge in [0.15, 0.2) is 0 Å². The summed E-state index contributed by atoms with van der Waals surface area (Å²) in [6.07, 6.45) is 0. The Morgan fingerprint density at radius 3 is 2.27 bits per heavy atom. The Hall–Kier alpha value is -3.51. The molecule has 3 nitrogen and oxygen atoms in total. The van der Waals surface area contributed by atoms with Gasteiger partial charge in [-0.1, -0.05) is 54.3 Å². The van der Waals surface area contributed by atoms with Gasteiger partial charge in [0, 0.05) is 11.1 Å². The van der Waals surface area contributed by atoms with E-state index in [0.29, 0.717) is 11.1 Å². The molecule has 3 aromatic rings. The van der Waals surface area contributed by atoms with Gasteiger partial charge in [-0.25, -0.2) is 4.79 Å². The summed E-state index contributed by atoms with van der Waals surface area (Å²) in [5.41, 5.74) is 2.90. The lowest BCUT2D eigenvalue weighted by Gasteiger charge is -2.07. The molecule has 0 aliphatic rings. The first kappa shape index (κ1) is 17.3. The number of hydrogen-bond acceptors (Lipinski definition) is 3. The van der Waals surface area contributed by atoms with Crippen LogP contribution in [0.25, 0.3) is 0 Å². The maximum absolute atomic E-state index is 12.5. The van der Waals surface area contributed by atoms with Gasteiger partial charge in [0.05, 0.1) is 12.7 Å². The third-order valence-electron chi connectivity index (χ3n) is 3.79. The van der Waals surface area contributed by atoms with Crippen LogP contribution in [0.15, 0.2) is 78.9 Å². The fourth-order valence-electron chi connectivity index (χ4n) is 2.38. The van der Waals surface area contributed by atoms with Crippen molar-refractivity contribution in [3.63, 3.8) is 0 Å². The number of ether oxygens (including phenoxy) is 2. The molecule has 0 heterocycles. The van der Waals surface area contributed by atoms with Crippen LogP contribution in [-0.2, 0) is 11.3 Å². The number of benzene rings is 3. The minimum atomic E-state index is -0.390. The van der Waals surface area contributed by atoms with Crippen molar-refractivity contribution in [3.05, 3.63) is 101 Å². The average molecular weight is 342 g/mol. The molecule has 0 amide bonds. The molecule has 3 heteroatoms. The molecule has 0 spiro atoms. The van der Waals surface area contributed by atoms with E-state index in [9.17, 15) is 4.79 Å². The largest absolute Gasteiger partial charge is 0.497 e. The first-order valence-corrected chi connectivity index (χ1v) is 8.22. The zero-order valence-corrected chi connectivity index (χ0v) is 14.4. The van der Waals surface area contributed by atoms with Gasteiger partial charge in [0.2, 0.25) is 0 Å². The van der Waals surface area contributed by atoms with Gasteiger partial charge in [-0.05, 0) is 42.0 Å². The molecule has 0 saturated carbocycles. The number of carbonyl (C=O) groups excluding carboxylic acids is 1. The molecule has 0 atom stereocenters. The first-order valence-electron chi connectivity index (χ1n) is 8.22. The Labute approximate surface area is 153 Å². The summed E-state index contributed by atoms with van der Waals surface area (Å²) in [5, 5.41) is 0. The standard InChI is InChI=1S/C23H18O3/c1-25-21-15-12-19(13-16-21)17-26-23(24)22-10-6-5-9-20(22)14-11-18-7-3-2-4-8-18/h2-10,12-13,15-16H,17H2,1H3. The summed E-state index contributed by atoms with van der Waals surface area (Å²) in [6.45, 7) is 0.198. The Morgan fingerprint density at radius 1 is 0.846 bits per heavy atom. The molecule has 3 aromatic carbocycles. The van der Waals surface area contributed by atoms with Gasteiger partial charge in [-0.3, -0.25) is 0 Å². The van der Waals surface area contributed by atoms with Crippen LogP contribution in [-0.4, -0.2) is 13.1 Å². The average Bonchev–Trinajstić information content (AvgIpc) is 2.72. The lowest BCUT2D eigenvalue weighted by molar-refractivity contribution is 0.0472. The van der Waals surface area contributed by atoms with Gasteiger partial charge < -0.3 is 9.47 Å². The van der Waals surface area contributed by atoms with Crippen molar-refractivity contribution in [2.24, 2.45) is 0 Å². The van der Waals surface area contributed by atoms with Gasteiger partial charge >= 0.3 is 5.97 Å². The molecule has 0 saturated heterocycles.